The number of aryl methyl sites for hydroxylation is 1. The van der Waals surface area contributed by atoms with Crippen LogP contribution in [0.1, 0.15) is 11.1 Å². The molecule has 0 radical (unpaired) electrons. The topological polar surface area (TPSA) is 165 Å². The normalized spacial score (nSPS) is 11.3. The molecule has 0 aliphatic heterocycles. The summed E-state index contributed by atoms with van der Waals surface area (Å²) in [4.78, 5) is 28.7. The zero-order chi connectivity index (χ0) is 23.0. The van der Waals surface area contributed by atoms with Gasteiger partial charge in [-0.05, 0) is 36.8 Å². The Morgan fingerprint density at radius 2 is 1.78 bits per heavy atom. The third-order valence-corrected chi connectivity index (χ3v) is 4.74. The molecule has 0 bridgehead atoms. The number of phenols is 2. The van der Waals surface area contributed by atoms with Gasteiger partial charge in [-0.25, -0.2) is 4.98 Å². The molecule has 160 valence electrons. The Kier molecular flexibility index (Phi) is 4.99. The maximum atomic E-state index is 11.1. The summed E-state index contributed by atoms with van der Waals surface area (Å²) in [6.45, 7) is 1.93. The van der Waals surface area contributed by atoms with Crippen LogP contribution in [-0.2, 0) is 0 Å². The molecule has 0 fully saturated rings. The highest BCUT2D eigenvalue weighted by Crippen LogP contribution is 2.44. The minimum Gasteiger partial charge on any atom is -0.502 e. The quantitative estimate of drug-likeness (QED) is 0.257. The van der Waals surface area contributed by atoms with Crippen molar-refractivity contribution >= 4 is 34.4 Å². The van der Waals surface area contributed by atoms with E-state index < -0.39 is 32.7 Å². The monoisotopic (exact) mass is 434 g/mol. The Balaban J connectivity index is 1.74. The van der Waals surface area contributed by atoms with Gasteiger partial charge >= 0.3 is 11.4 Å². The van der Waals surface area contributed by atoms with Gasteiger partial charge in [-0.1, -0.05) is 18.2 Å². The molecule has 1 heterocycles. The maximum absolute atomic E-state index is 11.1. The average Bonchev–Trinajstić information content (AvgIpc) is 3.16. The minimum absolute atomic E-state index is 0.304. The first-order valence-corrected chi connectivity index (χ1v) is 9.14. The Morgan fingerprint density at radius 1 is 1.03 bits per heavy atom. The van der Waals surface area contributed by atoms with Crippen LogP contribution in [0.2, 0.25) is 0 Å². The Bertz CT molecular complexity index is 1430. The number of hydrogen-bond acceptors (Lipinski definition) is 9. The first-order valence-electron chi connectivity index (χ1n) is 9.14. The Morgan fingerprint density at radius 3 is 2.47 bits per heavy atom. The molecule has 0 unspecified atom stereocenters. The van der Waals surface area contributed by atoms with E-state index in [0.717, 1.165) is 23.4 Å². The molecular weight excluding hydrogens is 420 g/mol. The summed E-state index contributed by atoms with van der Waals surface area (Å²) in [5.74, 6) is -1.74. The van der Waals surface area contributed by atoms with Gasteiger partial charge in [0.1, 0.15) is 5.52 Å². The van der Waals surface area contributed by atoms with E-state index in [9.17, 15) is 30.4 Å². The van der Waals surface area contributed by atoms with E-state index in [4.69, 9.17) is 4.42 Å². The number of nitro groups is 2. The standard InChI is InChI=1S/C21H14N4O7/c1-11-4-2-3-5-14(11)21-23-15-9-13(6-7-17(15)32-21)22-10-12-8-16(24(28)29)20(27)18(19(12)26)25(30)31/h2-10,26-27H,1H3. The third-order valence-electron chi connectivity index (χ3n) is 4.74. The fourth-order valence-electron chi connectivity index (χ4n) is 3.13. The van der Waals surface area contributed by atoms with Gasteiger partial charge in [-0.2, -0.15) is 0 Å². The van der Waals surface area contributed by atoms with Crippen molar-refractivity contribution < 1.29 is 24.5 Å². The van der Waals surface area contributed by atoms with Gasteiger partial charge in [0.2, 0.25) is 11.6 Å². The highest BCUT2D eigenvalue weighted by atomic mass is 16.6. The van der Waals surface area contributed by atoms with Crippen molar-refractivity contribution in [2.45, 2.75) is 6.92 Å². The molecule has 0 spiro atoms. The number of rotatable bonds is 5. The van der Waals surface area contributed by atoms with Crippen LogP contribution in [0.3, 0.4) is 0 Å². The average molecular weight is 434 g/mol. The summed E-state index contributed by atoms with van der Waals surface area (Å²) >= 11 is 0. The van der Waals surface area contributed by atoms with Crippen LogP contribution in [0, 0.1) is 27.2 Å². The first-order chi connectivity index (χ1) is 15.3. The van der Waals surface area contributed by atoms with Crippen molar-refractivity contribution in [2.24, 2.45) is 4.99 Å². The Labute approximate surface area is 179 Å². The fourth-order valence-corrected chi connectivity index (χ4v) is 3.13. The maximum Gasteiger partial charge on any atom is 0.359 e. The molecule has 0 saturated carbocycles. The number of fused-ring (bicyclic) bond motifs is 1. The van der Waals surface area contributed by atoms with Crippen LogP contribution in [-0.4, -0.2) is 31.3 Å². The molecule has 0 aliphatic rings. The van der Waals surface area contributed by atoms with Gasteiger partial charge in [0.15, 0.2) is 5.58 Å². The van der Waals surface area contributed by atoms with Gasteiger partial charge in [-0.15, -0.1) is 0 Å². The fraction of sp³-hybridized carbons (Fsp3) is 0.0476. The number of phenolic OH excluding ortho intramolecular Hbond substituents is 2. The smallest absolute Gasteiger partial charge is 0.359 e. The number of aromatic hydroxyl groups is 2. The lowest BCUT2D eigenvalue weighted by Crippen LogP contribution is -1.98. The van der Waals surface area contributed by atoms with Crippen molar-refractivity contribution in [3.63, 3.8) is 0 Å². The molecule has 0 aliphatic carbocycles. The number of nitrogens with zero attached hydrogens (tertiary/aromatic N) is 4. The second kappa shape index (κ2) is 7.80. The van der Waals surface area contributed by atoms with Crippen molar-refractivity contribution in [2.75, 3.05) is 0 Å². The molecule has 4 aromatic rings. The van der Waals surface area contributed by atoms with Gasteiger partial charge in [0.25, 0.3) is 5.75 Å². The predicted octanol–water partition coefficient (Wildman–Crippen LogP) is 4.78. The molecule has 2 N–H and O–H groups in total. The van der Waals surface area contributed by atoms with Crippen LogP contribution in [0.4, 0.5) is 17.1 Å². The largest absolute Gasteiger partial charge is 0.502 e. The van der Waals surface area contributed by atoms with E-state index >= 15 is 0 Å². The van der Waals surface area contributed by atoms with E-state index in [-0.39, 0.29) is 5.56 Å². The lowest BCUT2D eigenvalue weighted by molar-refractivity contribution is -0.396. The molecular formula is C21H14N4O7. The van der Waals surface area contributed by atoms with Crippen LogP contribution in [0.15, 0.2) is 57.9 Å². The molecule has 3 aromatic carbocycles. The van der Waals surface area contributed by atoms with Gasteiger partial charge < -0.3 is 14.6 Å². The number of oxazole rings is 1. The highest BCUT2D eigenvalue weighted by molar-refractivity contribution is 5.91. The van der Waals surface area contributed by atoms with Gasteiger partial charge in [0, 0.05) is 23.4 Å². The zero-order valence-electron chi connectivity index (χ0n) is 16.4. The molecule has 0 amide bonds. The van der Waals surface area contributed by atoms with Crippen molar-refractivity contribution in [1.82, 2.24) is 4.98 Å². The second-order valence-electron chi connectivity index (χ2n) is 6.79. The van der Waals surface area contributed by atoms with E-state index in [1.54, 1.807) is 18.2 Å². The molecule has 11 nitrogen and oxygen atoms in total. The van der Waals surface area contributed by atoms with Crippen molar-refractivity contribution in [3.05, 3.63) is 79.9 Å². The summed E-state index contributed by atoms with van der Waals surface area (Å²) in [5, 5.41) is 42.1. The molecule has 32 heavy (non-hydrogen) atoms. The zero-order valence-corrected chi connectivity index (χ0v) is 16.4. The third kappa shape index (κ3) is 3.58. The highest BCUT2D eigenvalue weighted by Gasteiger charge is 2.31. The van der Waals surface area contributed by atoms with Crippen molar-refractivity contribution in [3.8, 4) is 23.0 Å². The SMILES string of the molecule is Cc1ccccc1-c1nc2cc(N=Cc3cc([N+](=O)[O-])c(O)c([N+](=O)[O-])c3O)ccc2o1. The van der Waals surface area contributed by atoms with Crippen LogP contribution in [0.5, 0.6) is 11.5 Å². The van der Waals surface area contributed by atoms with E-state index in [1.807, 2.05) is 31.2 Å². The summed E-state index contributed by atoms with van der Waals surface area (Å²) in [6.07, 6.45) is 1.03. The number of aromatic nitrogens is 1. The van der Waals surface area contributed by atoms with Crippen molar-refractivity contribution in [1.29, 1.82) is 0 Å². The lowest BCUT2D eigenvalue weighted by atomic mass is 10.1. The Hall–Kier alpha value is -4.80. The van der Waals surface area contributed by atoms with Gasteiger partial charge in [-0.3, -0.25) is 25.2 Å². The summed E-state index contributed by atoms with van der Waals surface area (Å²) < 4.78 is 5.79. The lowest BCUT2D eigenvalue weighted by Gasteiger charge is -2.03. The molecule has 11 heteroatoms. The number of benzene rings is 3. The summed E-state index contributed by atoms with van der Waals surface area (Å²) in [6, 6.07) is 13.2. The second-order valence-corrected chi connectivity index (χ2v) is 6.79. The number of aliphatic imine (C=N–C) groups is 1. The molecule has 0 saturated heterocycles. The summed E-state index contributed by atoms with van der Waals surface area (Å²) in [7, 11) is 0. The van der Waals surface area contributed by atoms with Crippen LogP contribution >= 0.6 is 0 Å². The first kappa shape index (κ1) is 20.5. The number of hydrogen-bond donors (Lipinski definition) is 2. The molecule has 1 aromatic heterocycles. The molecule has 4 rings (SSSR count). The van der Waals surface area contributed by atoms with Gasteiger partial charge in [0.05, 0.1) is 15.5 Å². The summed E-state index contributed by atoms with van der Waals surface area (Å²) in [5.41, 5.74) is 0.805. The van der Waals surface area contributed by atoms with Crippen LogP contribution < -0.4 is 0 Å². The predicted molar refractivity (Wildman–Crippen MR) is 115 cm³/mol. The molecule has 0 atom stereocenters. The number of nitro benzene ring substituents is 2. The van der Waals surface area contributed by atoms with E-state index in [1.165, 1.54) is 0 Å². The van der Waals surface area contributed by atoms with E-state index in [2.05, 4.69) is 9.98 Å². The van der Waals surface area contributed by atoms with Crippen LogP contribution in [0.25, 0.3) is 22.6 Å². The minimum atomic E-state index is -1.23. The van der Waals surface area contributed by atoms with E-state index in [0.29, 0.717) is 22.7 Å².